The molecule has 1 nitrogen and oxygen atoms in total. The van der Waals surface area contributed by atoms with Crippen molar-refractivity contribution in [3.63, 3.8) is 0 Å². The summed E-state index contributed by atoms with van der Waals surface area (Å²) in [5, 5.41) is 0. The van der Waals surface area contributed by atoms with E-state index in [4.69, 9.17) is 0 Å². The Morgan fingerprint density at radius 3 is 2.92 bits per heavy atom. The minimum absolute atomic E-state index is 1.01. The van der Waals surface area contributed by atoms with Crippen molar-refractivity contribution in [2.75, 3.05) is 7.05 Å². The van der Waals surface area contributed by atoms with Gasteiger partial charge in [0, 0.05) is 24.9 Å². The molecule has 1 aliphatic heterocycles. The molecule has 1 aliphatic rings. The number of aryl methyl sites for hydroxylation is 1. The lowest BCUT2D eigenvalue weighted by molar-refractivity contribution is 0.501. The van der Waals surface area contributed by atoms with Crippen LogP contribution in [0.5, 0.6) is 0 Å². The van der Waals surface area contributed by atoms with E-state index in [1.54, 1.807) is 0 Å². The number of hydrogen-bond donors (Lipinski definition) is 0. The zero-order valence-corrected chi connectivity index (χ0v) is 7.59. The molecule has 0 atom stereocenters. The first-order valence-electron chi connectivity index (χ1n) is 4.18. The van der Waals surface area contributed by atoms with Crippen molar-refractivity contribution in [3.8, 4) is 0 Å². The lowest BCUT2D eigenvalue weighted by Gasteiger charge is -2.10. The molecule has 0 aromatic heterocycles. The topological polar surface area (TPSA) is 3.24 Å². The fourth-order valence-electron chi connectivity index (χ4n) is 1.69. The third kappa shape index (κ3) is 0.934. The summed E-state index contributed by atoms with van der Waals surface area (Å²) in [4.78, 5) is 2.18. The Kier molecular flexibility index (Phi) is 1.47. The predicted molar refractivity (Wildman–Crippen MR) is 51.7 cm³/mol. The maximum Gasteiger partial charge on any atom is 0.0433 e. The summed E-state index contributed by atoms with van der Waals surface area (Å²) in [6.45, 7) is 7.17. The highest BCUT2D eigenvalue weighted by Gasteiger charge is 2.17. The molecular formula is C11H13N. The van der Waals surface area contributed by atoms with Gasteiger partial charge >= 0.3 is 0 Å². The summed E-state index contributed by atoms with van der Waals surface area (Å²) >= 11 is 0. The van der Waals surface area contributed by atoms with Gasteiger partial charge in [-0.15, -0.1) is 0 Å². The maximum atomic E-state index is 4.03. The van der Waals surface area contributed by atoms with Crippen LogP contribution in [0.4, 0.5) is 0 Å². The molecule has 1 heterocycles. The van der Waals surface area contributed by atoms with Gasteiger partial charge in [0.15, 0.2) is 0 Å². The Hall–Kier alpha value is -1.24. The smallest absolute Gasteiger partial charge is 0.0433 e. The van der Waals surface area contributed by atoms with Gasteiger partial charge in [0.2, 0.25) is 0 Å². The first-order valence-corrected chi connectivity index (χ1v) is 4.18. The zero-order chi connectivity index (χ0) is 8.72. The van der Waals surface area contributed by atoms with Gasteiger partial charge in [0.05, 0.1) is 0 Å². The molecule has 1 aromatic rings. The van der Waals surface area contributed by atoms with Gasteiger partial charge in [-0.25, -0.2) is 0 Å². The van der Waals surface area contributed by atoms with Crippen LogP contribution in [-0.2, 0) is 6.54 Å². The minimum atomic E-state index is 1.01. The van der Waals surface area contributed by atoms with E-state index in [0.29, 0.717) is 0 Å². The molecular weight excluding hydrogens is 146 g/mol. The van der Waals surface area contributed by atoms with Crippen molar-refractivity contribution in [3.05, 3.63) is 41.5 Å². The van der Waals surface area contributed by atoms with Gasteiger partial charge in [-0.2, -0.15) is 0 Å². The van der Waals surface area contributed by atoms with E-state index in [1.165, 1.54) is 16.7 Å². The molecule has 0 amide bonds. The Morgan fingerprint density at radius 1 is 1.42 bits per heavy atom. The fraction of sp³-hybridized carbons (Fsp3) is 0.273. The average Bonchev–Trinajstić information content (AvgIpc) is 2.28. The normalized spacial score (nSPS) is 15.2. The third-order valence-electron chi connectivity index (χ3n) is 2.44. The first-order chi connectivity index (χ1) is 5.68. The Morgan fingerprint density at radius 2 is 2.17 bits per heavy atom. The van der Waals surface area contributed by atoms with E-state index >= 15 is 0 Å². The van der Waals surface area contributed by atoms with Crippen LogP contribution in [-0.4, -0.2) is 11.9 Å². The second-order valence-electron chi connectivity index (χ2n) is 3.46. The van der Waals surface area contributed by atoms with E-state index in [0.717, 1.165) is 12.2 Å². The Balaban J connectivity index is 2.54. The lowest BCUT2D eigenvalue weighted by atomic mass is 10.1. The van der Waals surface area contributed by atoms with E-state index in [9.17, 15) is 0 Å². The van der Waals surface area contributed by atoms with Crippen molar-refractivity contribution >= 4 is 5.70 Å². The summed E-state index contributed by atoms with van der Waals surface area (Å²) in [7, 11) is 2.08. The molecule has 2 rings (SSSR count). The van der Waals surface area contributed by atoms with Crippen LogP contribution in [0.3, 0.4) is 0 Å². The van der Waals surface area contributed by atoms with Crippen LogP contribution in [0.15, 0.2) is 24.8 Å². The number of hydrogen-bond acceptors (Lipinski definition) is 1. The van der Waals surface area contributed by atoms with Gasteiger partial charge in [-0.1, -0.05) is 30.3 Å². The molecule has 0 saturated carbocycles. The fourth-order valence-corrected chi connectivity index (χ4v) is 1.69. The highest BCUT2D eigenvalue weighted by molar-refractivity contribution is 5.68. The maximum absolute atomic E-state index is 4.03. The molecule has 0 saturated heterocycles. The second-order valence-corrected chi connectivity index (χ2v) is 3.46. The van der Waals surface area contributed by atoms with Gasteiger partial charge in [-0.05, 0) is 12.5 Å². The molecule has 1 heteroatoms. The zero-order valence-electron chi connectivity index (χ0n) is 7.59. The Bertz CT molecular complexity index is 339. The van der Waals surface area contributed by atoms with Crippen molar-refractivity contribution in [1.29, 1.82) is 0 Å². The van der Waals surface area contributed by atoms with Crippen LogP contribution in [0.2, 0.25) is 0 Å². The molecule has 62 valence electrons. The molecule has 0 fully saturated rings. The minimum Gasteiger partial charge on any atom is -0.370 e. The van der Waals surface area contributed by atoms with E-state index in [-0.39, 0.29) is 0 Å². The van der Waals surface area contributed by atoms with E-state index in [1.807, 2.05) is 0 Å². The molecule has 0 unspecified atom stereocenters. The number of benzene rings is 1. The van der Waals surface area contributed by atoms with E-state index < -0.39 is 0 Å². The highest BCUT2D eigenvalue weighted by atomic mass is 15.1. The van der Waals surface area contributed by atoms with Crippen molar-refractivity contribution in [2.24, 2.45) is 0 Å². The van der Waals surface area contributed by atoms with Crippen molar-refractivity contribution < 1.29 is 0 Å². The van der Waals surface area contributed by atoms with Crippen molar-refractivity contribution in [1.82, 2.24) is 4.90 Å². The summed E-state index contributed by atoms with van der Waals surface area (Å²) in [6, 6.07) is 6.55. The van der Waals surface area contributed by atoms with Gasteiger partial charge < -0.3 is 4.90 Å². The lowest BCUT2D eigenvalue weighted by Crippen LogP contribution is -2.05. The van der Waals surface area contributed by atoms with Crippen molar-refractivity contribution in [2.45, 2.75) is 13.5 Å². The molecule has 0 aliphatic carbocycles. The molecule has 12 heavy (non-hydrogen) atoms. The van der Waals surface area contributed by atoms with Crippen LogP contribution >= 0.6 is 0 Å². The van der Waals surface area contributed by atoms with Gasteiger partial charge in [0.25, 0.3) is 0 Å². The molecule has 1 aromatic carbocycles. The number of nitrogens with zero attached hydrogens (tertiary/aromatic N) is 1. The molecule has 0 radical (unpaired) electrons. The van der Waals surface area contributed by atoms with E-state index in [2.05, 4.69) is 43.6 Å². The first kappa shape index (κ1) is 7.41. The SMILES string of the molecule is C=C1c2ccc(C)cc2CN1C. The third-order valence-corrected chi connectivity index (χ3v) is 2.44. The Labute approximate surface area is 73.3 Å². The molecule has 0 N–H and O–H groups in total. The number of rotatable bonds is 0. The summed E-state index contributed by atoms with van der Waals surface area (Å²) in [5.41, 5.74) is 5.19. The van der Waals surface area contributed by atoms with Gasteiger partial charge in [-0.3, -0.25) is 0 Å². The molecule has 0 spiro atoms. The average molecular weight is 159 g/mol. The monoisotopic (exact) mass is 159 g/mol. The highest BCUT2D eigenvalue weighted by Crippen LogP contribution is 2.30. The van der Waals surface area contributed by atoms with Gasteiger partial charge in [0.1, 0.15) is 0 Å². The largest absolute Gasteiger partial charge is 0.370 e. The van der Waals surface area contributed by atoms with Crippen LogP contribution in [0.1, 0.15) is 16.7 Å². The summed E-state index contributed by atoms with van der Waals surface area (Å²) < 4.78 is 0. The quantitative estimate of drug-likeness (QED) is 0.562. The summed E-state index contributed by atoms with van der Waals surface area (Å²) in [6.07, 6.45) is 0. The standard InChI is InChI=1S/C11H13N/c1-8-4-5-11-9(2)12(3)7-10(11)6-8/h4-6H,2,7H2,1,3H3. The predicted octanol–water partition coefficient (Wildman–Crippen LogP) is 2.41. The second kappa shape index (κ2) is 2.37. The van der Waals surface area contributed by atoms with Crippen LogP contribution in [0.25, 0.3) is 5.70 Å². The van der Waals surface area contributed by atoms with Crippen LogP contribution < -0.4 is 0 Å². The summed E-state index contributed by atoms with van der Waals surface area (Å²) in [5.74, 6) is 0. The van der Waals surface area contributed by atoms with Crippen LogP contribution in [0, 0.1) is 6.92 Å². The number of fused-ring (bicyclic) bond motifs is 1. The molecule has 0 bridgehead atoms.